The van der Waals surface area contributed by atoms with Crippen LogP contribution < -0.4 is 10.5 Å². The Balaban J connectivity index is 2.11. The van der Waals surface area contributed by atoms with Crippen LogP contribution in [0.25, 0.3) is 0 Å². The van der Waals surface area contributed by atoms with Crippen LogP contribution in [0.1, 0.15) is 5.69 Å². The van der Waals surface area contributed by atoms with Crippen molar-refractivity contribution in [3.05, 3.63) is 52.8 Å². The number of hydrogen-bond acceptors (Lipinski definition) is 3. The van der Waals surface area contributed by atoms with Gasteiger partial charge < -0.3 is 10.5 Å². The average molecular weight is 279 g/mol. The molecule has 82 valence electrons. The Bertz CT molecular complexity index is 453. The Labute approximate surface area is 102 Å². The Morgan fingerprint density at radius 1 is 1.06 bits per heavy atom. The summed E-state index contributed by atoms with van der Waals surface area (Å²) in [6.45, 7) is 0.443. The molecule has 2 N–H and O–H groups in total. The fourth-order valence-corrected chi connectivity index (χ4v) is 1.50. The fraction of sp³-hybridized carbons (Fsp3) is 0.0833. The normalized spacial score (nSPS) is 10.1. The quantitative estimate of drug-likeness (QED) is 0.939. The number of nitrogens with two attached hydrogens (primary N) is 1. The molecule has 1 aromatic heterocycles. The monoisotopic (exact) mass is 278 g/mol. The smallest absolute Gasteiger partial charge is 0.145 e. The Kier molecular flexibility index (Phi) is 3.54. The molecular weight excluding hydrogens is 268 g/mol. The van der Waals surface area contributed by atoms with Crippen molar-refractivity contribution in [2.45, 2.75) is 6.54 Å². The van der Waals surface area contributed by atoms with Gasteiger partial charge in [-0.25, -0.2) is 0 Å². The number of rotatable bonds is 3. The van der Waals surface area contributed by atoms with Crippen molar-refractivity contribution in [3.63, 3.8) is 0 Å². The van der Waals surface area contributed by atoms with Gasteiger partial charge in [0.05, 0.1) is 11.9 Å². The van der Waals surface area contributed by atoms with E-state index in [4.69, 9.17) is 10.5 Å². The van der Waals surface area contributed by atoms with Crippen LogP contribution >= 0.6 is 15.9 Å². The number of nitrogens with zero attached hydrogens (tertiary/aromatic N) is 1. The molecular formula is C12H11BrN2O. The summed E-state index contributed by atoms with van der Waals surface area (Å²) in [6, 6.07) is 11.3. The molecule has 0 amide bonds. The zero-order valence-corrected chi connectivity index (χ0v) is 10.1. The van der Waals surface area contributed by atoms with Crippen LogP contribution in [0.4, 0.5) is 0 Å². The van der Waals surface area contributed by atoms with E-state index < -0.39 is 0 Å². The Morgan fingerprint density at radius 3 is 2.31 bits per heavy atom. The highest BCUT2D eigenvalue weighted by molar-refractivity contribution is 9.10. The van der Waals surface area contributed by atoms with E-state index in [1.165, 1.54) is 0 Å². The van der Waals surface area contributed by atoms with Crippen molar-refractivity contribution in [1.29, 1.82) is 0 Å². The van der Waals surface area contributed by atoms with E-state index in [0.29, 0.717) is 12.3 Å². The van der Waals surface area contributed by atoms with Crippen molar-refractivity contribution >= 4 is 15.9 Å². The van der Waals surface area contributed by atoms with Gasteiger partial charge >= 0.3 is 0 Å². The summed E-state index contributed by atoms with van der Waals surface area (Å²) >= 11 is 3.37. The second-order valence-electron chi connectivity index (χ2n) is 3.25. The third-order valence-corrected chi connectivity index (χ3v) is 2.58. The zero-order chi connectivity index (χ0) is 11.4. The lowest BCUT2D eigenvalue weighted by molar-refractivity contribution is 0.479. The largest absolute Gasteiger partial charge is 0.456 e. The lowest BCUT2D eigenvalue weighted by Gasteiger charge is -2.05. The van der Waals surface area contributed by atoms with E-state index in [2.05, 4.69) is 20.9 Å². The van der Waals surface area contributed by atoms with Gasteiger partial charge in [-0.2, -0.15) is 0 Å². The molecule has 0 unspecified atom stereocenters. The van der Waals surface area contributed by atoms with Gasteiger partial charge in [0.25, 0.3) is 0 Å². The van der Waals surface area contributed by atoms with E-state index >= 15 is 0 Å². The summed E-state index contributed by atoms with van der Waals surface area (Å²) in [7, 11) is 0. The highest BCUT2D eigenvalue weighted by Gasteiger charge is 1.98. The summed E-state index contributed by atoms with van der Waals surface area (Å²) in [5, 5.41) is 0. The molecule has 3 nitrogen and oxygen atoms in total. The molecule has 0 saturated carbocycles. The average Bonchev–Trinajstić information content (AvgIpc) is 2.33. The molecule has 0 fully saturated rings. The van der Waals surface area contributed by atoms with Crippen LogP contribution in [0.3, 0.4) is 0 Å². The lowest BCUT2D eigenvalue weighted by atomic mass is 10.3. The summed E-state index contributed by atoms with van der Waals surface area (Å²) in [5.74, 6) is 1.49. The number of hydrogen-bond donors (Lipinski definition) is 1. The van der Waals surface area contributed by atoms with Gasteiger partial charge in [0.1, 0.15) is 11.5 Å². The molecule has 2 aromatic rings. The fourth-order valence-electron chi connectivity index (χ4n) is 1.23. The van der Waals surface area contributed by atoms with E-state index in [1.54, 1.807) is 6.20 Å². The molecule has 0 atom stereocenters. The minimum Gasteiger partial charge on any atom is -0.456 e. The van der Waals surface area contributed by atoms with Crippen LogP contribution in [-0.2, 0) is 6.54 Å². The second-order valence-corrected chi connectivity index (χ2v) is 4.16. The van der Waals surface area contributed by atoms with Crippen molar-refractivity contribution in [1.82, 2.24) is 4.98 Å². The molecule has 0 radical (unpaired) electrons. The van der Waals surface area contributed by atoms with E-state index in [9.17, 15) is 0 Å². The molecule has 4 heteroatoms. The number of halogens is 1. The standard InChI is InChI=1S/C12H11BrN2O/c13-9-1-4-11(5-2-9)16-12-6-3-10(7-14)15-8-12/h1-6,8H,7,14H2. The maximum atomic E-state index is 5.61. The predicted molar refractivity (Wildman–Crippen MR) is 66.3 cm³/mol. The first-order valence-corrected chi connectivity index (χ1v) is 5.65. The molecule has 1 heterocycles. The van der Waals surface area contributed by atoms with Crippen LogP contribution in [0, 0.1) is 0 Å². The number of ether oxygens (including phenoxy) is 1. The maximum Gasteiger partial charge on any atom is 0.145 e. The highest BCUT2D eigenvalue weighted by atomic mass is 79.9. The first-order valence-electron chi connectivity index (χ1n) is 4.86. The van der Waals surface area contributed by atoms with Crippen molar-refractivity contribution < 1.29 is 4.74 Å². The predicted octanol–water partition coefficient (Wildman–Crippen LogP) is 3.10. The van der Waals surface area contributed by atoms with Crippen molar-refractivity contribution in [3.8, 4) is 11.5 Å². The Morgan fingerprint density at radius 2 is 1.75 bits per heavy atom. The van der Waals surface area contributed by atoms with Crippen molar-refractivity contribution in [2.75, 3.05) is 0 Å². The second kappa shape index (κ2) is 5.09. The summed E-state index contributed by atoms with van der Waals surface area (Å²) in [6.07, 6.45) is 1.67. The van der Waals surface area contributed by atoms with E-state index in [0.717, 1.165) is 15.9 Å². The maximum absolute atomic E-state index is 5.61. The number of aromatic nitrogens is 1. The van der Waals surface area contributed by atoms with Gasteiger partial charge in [-0.1, -0.05) is 15.9 Å². The summed E-state index contributed by atoms with van der Waals surface area (Å²) in [4.78, 5) is 4.15. The summed E-state index contributed by atoms with van der Waals surface area (Å²) < 4.78 is 6.63. The van der Waals surface area contributed by atoms with Crippen LogP contribution in [0.2, 0.25) is 0 Å². The van der Waals surface area contributed by atoms with Crippen LogP contribution in [0.5, 0.6) is 11.5 Å². The minimum absolute atomic E-state index is 0.443. The molecule has 0 bridgehead atoms. The van der Waals surface area contributed by atoms with Crippen LogP contribution in [-0.4, -0.2) is 4.98 Å². The third-order valence-electron chi connectivity index (χ3n) is 2.06. The molecule has 2 rings (SSSR count). The first-order chi connectivity index (χ1) is 7.78. The van der Waals surface area contributed by atoms with E-state index in [-0.39, 0.29) is 0 Å². The zero-order valence-electron chi connectivity index (χ0n) is 8.56. The van der Waals surface area contributed by atoms with Gasteiger partial charge in [-0.3, -0.25) is 4.98 Å². The molecule has 0 spiro atoms. The lowest BCUT2D eigenvalue weighted by Crippen LogP contribution is -1.98. The third kappa shape index (κ3) is 2.81. The minimum atomic E-state index is 0.443. The summed E-state index contributed by atoms with van der Waals surface area (Å²) in [5.41, 5.74) is 6.31. The molecule has 0 saturated heterocycles. The number of benzene rings is 1. The molecule has 0 aliphatic heterocycles. The molecule has 0 aliphatic rings. The Hall–Kier alpha value is -1.39. The topological polar surface area (TPSA) is 48.1 Å². The SMILES string of the molecule is NCc1ccc(Oc2ccc(Br)cc2)cn1. The van der Waals surface area contributed by atoms with Crippen molar-refractivity contribution in [2.24, 2.45) is 5.73 Å². The van der Waals surface area contributed by atoms with Crippen LogP contribution in [0.15, 0.2) is 47.1 Å². The molecule has 1 aromatic carbocycles. The molecule has 16 heavy (non-hydrogen) atoms. The first kappa shape index (κ1) is 11.1. The van der Waals surface area contributed by atoms with Gasteiger partial charge in [0.2, 0.25) is 0 Å². The van der Waals surface area contributed by atoms with Gasteiger partial charge in [0, 0.05) is 11.0 Å². The highest BCUT2D eigenvalue weighted by Crippen LogP contribution is 2.22. The number of pyridine rings is 1. The van der Waals surface area contributed by atoms with E-state index in [1.807, 2.05) is 36.4 Å². The van der Waals surface area contributed by atoms with Gasteiger partial charge in [-0.15, -0.1) is 0 Å². The van der Waals surface area contributed by atoms with Gasteiger partial charge in [0.15, 0.2) is 0 Å². The molecule has 0 aliphatic carbocycles. The van der Waals surface area contributed by atoms with Gasteiger partial charge in [-0.05, 0) is 36.4 Å².